The van der Waals surface area contributed by atoms with Gasteiger partial charge in [-0.15, -0.1) is 0 Å². The van der Waals surface area contributed by atoms with Gasteiger partial charge in [0.2, 0.25) is 0 Å². The van der Waals surface area contributed by atoms with Gasteiger partial charge in [-0.3, -0.25) is 0 Å². The minimum atomic E-state index is -4.67. The molecule has 1 N–H and O–H groups in total. The molecule has 0 aromatic carbocycles. The van der Waals surface area contributed by atoms with E-state index < -0.39 is 23.5 Å². The van der Waals surface area contributed by atoms with Crippen LogP contribution in [0.5, 0.6) is 0 Å². The van der Waals surface area contributed by atoms with Crippen LogP contribution in [0, 0.1) is 0 Å². The van der Waals surface area contributed by atoms with E-state index in [-0.39, 0.29) is 13.1 Å². The molecule has 4 bridgehead atoms. The maximum absolute atomic E-state index is 11.8. The lowest BCUT2D eigenvalue weighted by Gasteiger charge is -2.33. The molecule has 15 heteroatoms. The monoisotopic (exact) mass is 310 g/mol. The molecule has 4 saturated heterocycles. The van der Waals surface area contributed by atoms with Crippen LogP contribution in [-0.2, 0) is 40.8 Å². The van der Waals surface area contributed by atoms with E-state index in [0.29, 0.717) is 5.23 Å². The third kappa shape index (κ3) is 2.41. The average Bonchev–Trinajstić information content (AvgIpc) is 2.11. The Hall–Kier alpha value is 0.330. The molecule has 98 valence electrons. The molecule has 4 heterocycles. The second-order valence-corrected chi connectivity index (χ2v) is 7.65. The van der Waals surface area contributed by atoms with E-state index >= 15 is 0 Å². The molecule has 0 aliphatic carbocycles. The average molecular weight is 310 g/mol. The summed E-state index contributed by atoms with van der Waals surface area (Å²) in [4.78, 5) is 9.09. The Morgan fingerprint density at radius 2 is 1.35 bits per heavy atom. The van der Waals surface area contributed by atoms with E-state index in [9.17, 15) is 13.7 Å². The van der Waals surface area contributed by atoms with E-state index in [1.807, 2.05) is 0 Å². The van der Waals surface area contributed by atoms with Crippen LogP contribution in [0.25, 0.3) is 0 Å². The smallest absolute Gasteiger partial charge is 0.301 e. The zero-order valence-electron chi connectivity index (χ0n) is 7.77. The summed E-state index contributed by atoms with van der Waals surface area (Å²) in [5, 5.41) is 1.18. The van der Waals surface area contributed by atoms with Crippen LogP contribution in [0.3, 0.4) is 0 Å². The molecule has 0 radical (unpaired) electrons. The Labute approximate surface area is 93.5 Å². The number of hydrogen-bond acceptors (Lipinski definition) is 11. The van der Waals surface area contributed by atoms with Crippen molar-refractivity contribution in [2.75, 3.05) is 13.1 Å². The van der Waals surface area contributed by atoms with Crippen LogP contribution < -0.4 is 0 Å². The quantitative estimate of drug-likeness (QED) is 0.631. The highest BCUT2D eigenvalue weighted by molar-refractivity contribution is 7.68. The number of hydroxylamine groups is 4. The molecule has 12 nitrogen and oxygen atoms in total. The third-order valence-corrected chi connectivity index (χ3v) is 6.40. The molecular formula is C2H5N2O10P3. The third-order valence-electron chi connectivity index (χ3n) is 1.64. The minimum absolute atomic E-state index is 0.0622. The van der Waals surface area contributed by atoms with Crippen LogP contribution >= 0.6 is 23.5 Å². The van der Waals surface area contributed by atoms with Gasteiger partial charge in [-0.2, -0.15) is 27.1 Å². The maximum atomic E-state index is 11.8. The molecule has 0 amide bonds. The van der Waals surface area contributed by atoms with Crippen LogP contribution in [0.4, 0.5) is 0 Å². The first kappa shape index (κ1) is 12.4. The molecule has 4 rings (SSSR count). The van der Waals surface area contributed by atoms with Gasteiger partial charge < -0.3 is 4.89 Å². The standard InChI is InChI=1S/C2H5N2O10P3/c5-15(6)9-3-1-2-4-10-16(7,11-4)14-17(8,12-3)13-15/h1-2H2,(H,5,6). The van der Waals surface area contributed by atoms with Crippen molar-refractivity contribution in [2.24, 2.45) is 0 Å². The Kier molecular flexibility index (Phi) is 2.67. The van der Waals surface area contributed by atoms with Crippen LogP contribution in [0.15, 0.2) is 0 Å². The highest BCUT2D eigenvalue weighted by Gasteiger charge is 2.59. The van der Waals surface area contributed by atoms with Crippen molar-refractivity contribution in [2.45, 2.75) is 0 Å². The van der Waals surface area contributed by atoms with Gasteiger partial charge in [0.25, 0.3) is 0 Å². The van der Waals surface area contributed by atoms with Gasteiger partial charge in [0, 0.05) is 0 Å². The molecule has 4 aliphatic rings. The fraction of sp³-hybridized carbons (Fsp3) is 1.00. The summed E-state index contributed by atoms with van der Waals surface area (Å²) in [7, 11) is -13.4. The molecule has 0 spiro atoms. The van der Waals surface area contributed by atoms with Crippen molar-refractivity contribution in [3.63, 3.8) is 0 Å². The highest BCUT2D eigenvalue weighted by Crippen LogP contribution is 2.77. The summed E-state index contributed by atoms with van der Waals surface area (Å²) >= 11 is 0. The summed E-state index contributed by atoms with van der Waals surface area (Å²) in [6.45, 7) is -0.255. The topological polar surface area (TPSA) is 133 Å². The van der Waals surface area contributed by atoms with Crippen LogP contribution in [0.2, 0.25) is 0 Å². The SMILES string of the molecule is O=P1(O)ON2CCN3OP(=O)(O3)OP(=O)(O2)O1. The lowest BCUT2D eigenvalue weighted by molar-refractivity contribution is -0.355. The first-order valence-electron chi connectivity index (χ1n) is 4.07. The molecule has 4 aliphatic heterocycles. The molecule has 0 aromatic rings. The molecular weight excluding hydrogens is 305 g/mol. The van der Waals surface area contributed by atoms with Crippen LogP contribution in [0.1, 0.15) is 0 Å². The Morgan fingerprint density at radius 1 is 0.824 bits per heavy atom. The first-order chi connectivity index (χ1) is 7.78. The van der Waals surface area contributed by atoms with Crippen molar-refractivity contribution in [3.05, 3.63) is 0 Å². The molecule has 17 heavy (non-hydrogen) atoms. The van der Waals surface area contributed by atoms with Crippen molar-refractivity contribution >= 4 is 23.5 Å². The van der Waals surface area contributed by atoms with Gasteiger partial charge in [-0.05, 0) is 10.5 Å². The second-order valence-electron chi connectivity index (χ2n) is 2.97. The summed E-state index contributed by atoms with van der Waals surface area (Å²) in [5.74, 6) is 0. The van der Waals surface area contributed by atoms with E-state index in [2.05, 4.69) is 27.1 Å². The second kappa shape index (κ2) is 3.67. The summed E-state index contributed by atoms with van der Waals surface area (Å²) in [6.07, 6.45) is 0. The number of fused-ring (bicyclic) bond motifs is 1. The fourth-order valence-corrected chi connectivity index (χ4v) is 5.47. The maximum Gasteiger partial charge on any atom is 0.521 e. The summed E-state index contributed by atoms with van der Waals surface area (Å²) in [5.41, 5.74) is 0. The lowest BCUT2D eigenvalue weighted by Crippen LogP contribution is -2.37. The Morgan fingerprint density at radius 3 is 2.00 bits per heavy atom. The molecule has 3 unspecified atom stereocenters. The van der Waals surface area contributed by atoms with Gasteiger partial charge >= 0.3 is 23.5 Å². The van der Waals surface area contributed by atoms with E-state index in [0.717, 1.165) is 5.23 Å². The van der Waals surface area contributed by atoms with E-state index in [4.69, 9.17) is 4.89 Å². The van der Waals surface area contributed by atoms with Gasteiger partial charge in [-0.1, -0.05) is 0 Å². The molecule has 0 aromatic heterocycles. The van der Waals surface area contributed by atoms with E-state index in [1.165, 1.54) is 0 Å². The Bertz CT molecular complexity index is 480. The number of phosphoric acid groups is 3. The van der Waals surface area contributed by atoms with E-state index in [1.54, 1.807) is 0 Å². The van der Waals surface area contributed by atoms with Crippen molar-refractivity contribution < 1.29 is 45.7 Å². The van der Waals surface area contributed by atoms with Crippen molar-refractivity contribution in [1.29, 1.82) is 0 Å². The largest absolute Gasteiger partial charge is 0.521 e. The highest BCUT2D eigenvalue weighted by atomic mass is 31.3. The molecule has 0 saturated carbocycles. The summed E-state index contributed by atoms with van der Waals surface area (Å²) in [6, 6.07) is 0. The predicted molar refractivity (Wildman–Crippen MR) is 45.0 cm³/mol. The molecule has 4 fully saturated rings. The number of rotatable bonds is 0. The molecule has 3 atom stereocenters. The van der Waals surface area contributed by atoms with Crippen molar-refractivity contribution in [1.82, 2.24) is 10.5 Å². The summed E-state index contributed by atoms with van der Waals surface area (Å²) < 4.78 is 60.8. The van der Waals surface area contributed by atoms with Gasteiger partial charge in [0.05, 0.1) is 13.1 Å². The van der Waals surface area contributed by atoms with Crippen molar-refractivity contribution in [3.8, 4) is 0 Å². The normalized spacial score (nSPS) is 58.4. The Balaban J connectivity index is 1.94. The first-order valence-corrected chi connectivity index (χ1v) is 8.49. The lowest BCUT2D eigenvalue weighted by atomic mass is 10.7. The number of nitrogens with zero attached hydrogens (tertiary/aromatic N) is 2. The van der Waals surface area contributed by atoms with Gasteiger partial charge in [0.1, 0.15) is 0 Å². The van der Waals surface area contributed by atoms with Gasteiger partial charge in [-0.25, -0.2) is 13.7 Å². The fourth-order valence-electron chi connectivity index (χ4n) is 1.14. The van der Waals surface area contributed by atoms with Crippen LogP contribution in [-0.4, -0.2) is 28.4 Å². The predicted octanol–water partition coefficient (Wildman–Crippen LogP) is 0.707. The number of hydrogen-bond donors (Lipinski definition) is 1. The minimum Gasteiger partial charge on any atom is -0.301 e. The zero-order valence-corrected chi connectivity index (χ0v) is 10.5. The van der Waals surface area contributed by atoms with Gasteiger partial charge in [0.15, 0.2) is 0 Å². The zero-order chi connectivity index (χ0) is 12.3.